The molecule has 1 unspecified atom stereocenters. The van der Waals surface area contributed by atoms with E-state index >= 15 is 0 Å². The Bertz CT molecular complexity index is 736. The highest BCUT2D eigenvalue weighted by Gasteiger charge is 2.42. The van der Waals surface area contributed by atoms with Crippen LogP contribution in [-0.4, -0.2) is 47.7 Å². The number of thioether (sulfide) groups is 1. The van der Waals surface area contributed by atoms with Crippen LogP contribution in [0.15, 0.2) is 24.3 Å². The lowest BCUT2D eigenvalue weighted by Crippen LogP contribution is -2.61. The van der Waals surface area contributed by atoms with Crippen LogP contribution >= 0.6 is 11.8 Å². The zero-order valence-corrected chi connectivity index (χ0v) is 18.5. The van der Waals surface area contributed by atoms with Crippen LogP contribution in [0.4, 0.5) is 4.79 Å². The van der Waals surface area contributed by atoms with E-state index in [1.54, 1.807) is 56.8 Å². The Kier molecular flexibility index (Phi) is 7.57. The van der Waals surface area contributed by atoms with Gasteiger partial charge in [-0.3, -0.25) is 4.79 Å². The van der Waals surface area contributed by atoms with Crippen molar-refractivity contribution in [3.05, 3.63) is 35.4 Å². The van der Waals surface area contributed by atoms with Crippen LogP contribution in [0.5, 0.6) is 0 Å². The lowest BCUT2D eigenvalue weighted by Gasteiger charge is -2.37. The highest BCUT2D eigenvalue weighted by molar-refractivity contribution is 7.99. The molecule has 1 saturated heterocycles. The minimum absolute atomic E-state index is 0.229. The van der Waals surface area contributed by atoms with Gasteiger partial charge in [0.2, 0.25) is 5.91 Å². The minimum Gasteiger partial charge on any atom is -0.465 e. The monoisotopic (exact) mass is 422 g/mol. The first-order chi connectivity index (χ1) is 13.6. The number of carbonyl (C=O) groups is 3. The second-order valence-electron chi connectivity index (χ2n) is 8.13. The fourth-order valence-corrected chi connectivity index (χ4v) is 4.26. The van der Waals surface area contributed by atoms with Crippen molar-refractivity contribution in [2.45, 2.75) is 57.7 Å². The number of alkyl carbamates (subject to hydrolysis) is 1. The summed E-state index contributed by atoms with van der Waals surface area (Å²) in [5.74, 6) is 0.929. The number of esters is 1. The van der Waals surface area contributed by atoms with Crippen LogP contribution in [0.3, 0.4) is 0 Å². The van der Waals surface area contributed by atoms with Gasteiger partial charge in [-0.05, 0) is 69.7 Å². The van der Waals surface area contributed by atoms with Gasteiger partial charge >= 0.3 is 12.1 Å². The summed E-state index contributed by atoms with van der Waals surface area (Å²) in [4.78, 5) is 37.1. The molecule has 29 heavy (non-hydrogen) atoms. The Balaban J connectivity index is 2.10. The van der Waals surface area contributed by atoms with E-state index in [0.29, 0.717) is 18.4 Å². The Morgan fingerprint density at radius 2 is 1.69 bits per heavy atom. The van der Waals surface area contributed by atoms with Gasteiger partial charge in [0.1, 0.15) is 11.1 Å². The Labute approximate surface area is 176 Å². The second kappa shape index (κ2) is 9.52. The van der Waals surface area contributed by atoms with Crippen LogP contribution in [0.2, 0.25) is 0 Å². The third-order valence-electron chi connectivity index (χ3n) is 4.70. The first kappa shape index (κ1) is 23.1. The smallest absolute Gasteiger partial charge is 0.408 e. The Morgan fingerprint density at radius 1 is 1.10 bits per heavy atom. The van der Waals surface area contributed by atoms with Crippen molar-refractivity contribution < 1.29 is 23.9 Å². The predicted molar refractivity (Wildman–Crippen MR) is 113 cm³/mol. The van der Waals surface area contributed by atoms with Crippen molar-refractivity contribution in [3.8, 4) is 0 Å². The van der Waals surface area contributed by atoms with E-state index in [4.69, 9.17) is 9.47 Å². The maximum atomic E-state index is 13.2. The summed E-state index contributed by atoms with van der Waals surface area (Å²) in [6, 6.07) is 6.59. The molecule has 7 nitrogen and oxygen atoms in total. The molecule has 0 bridgehead atoms. The molecule has 0 aromatic heterocycles. The number of amides is 2. The van der Waals surface area contributed by atoms with Crippen molar-refractivity contribution in [1.29, 1.82) is 0 Å². The van der Waals surface area contributed by atoms with E-state index in [2.05, 4.69) is 10.6 Å². The van der Waals surface area contributed by atoms with Crippen LogP contribution in [0, 0.1) is 0 Å². The largest absolute Gasteiger partial charge is 0.465 e. The lowest BCUT2D eigenvalue weighted by molar-refractivity contribution is -0.128. The number of rotatable bonds is 5. The maximum absolute atomic E-state index is 13.2. The van der Waals surface area contributed by atoms with E-state index < -0.39 is 23.2 Å². The van der Waals surface area contributed by atoms with E-state index in [0.717, 1.165) is 17.1 Å². The van der Waals surface area contributed by atoms with Crippen molar-refractivity contribution >= 4 is 29.7 Å². The van der Waals surface area contributed by atoms with Gasteiger partial charge in [-0.25, -0.2) is 9.59 Å². The van der Waals surface area contributed by atoms with E-state index in [1.807, 2.05) is 6.92 Å². The molecule has 1 atom stereocenters. The molecule has 0 saturated carbocycles. The van der Waals surface area contributed by atoms with Crippen LogP contribution < -0.4 is 10.6 Å². The van der Waals surface area contributed by atoms with Gasteiger partial charge in [0.05, 0.1) is 18.7 Å². The standard InChI is InChI=1S/C21H30N2O5S/c1-14(15-6-8-16(9-7-15)17(24)27-5)22-18(25)21(10-12-29-13-11-21)23-19(26)28-20(2,3)4/h6-9,14H,10-13H2,1-5H3,(H,22,25)(H,23,26). The number of hydrogen-bond donors (Lipinski definition) is 2. The third kappa shape index (κ3) is 6.39. The van der Waals surface area contributed by atoms with E-state index in [9.17, 15) is 14.4 Å². The molecule has 1 fully saturated rings. The average Bonchev–Trinajstić information content (AvgIpc) is 2.66. The Hall–Kier alpha value is -2.22. The van der Waals surface area contributed by atoms with Crippen molar-refractivity contribution in [2.75, 3.05) is 18.6 Å². The molecule has 0 radical (unpaired) electrons. The molecule has 1 aliphatic rings. The van der Waals surface area contributed by atoms with E-state index in [-0.39, 0.29) is 11.9 Å². The SMILES string of the molecule is COC(=O)c1ccc(C(C)NC(=O)C2(NC(=O)OC(C)(C)C)CCSCC2)cc1. The Morgan fingerprint density at radius 3 is 2.21 bits per heavy atom. The molecule has 1 heterocycles. The van der Waals surface area contributed by atoms with Crippen molar-refractivity contribution in [3.63, 3.8) is 0 Å². The molecule has 160 valence electrons. The molecule has 8 heteroatoms. The fraction of sp³-hybridized carbons (Fsp3) is 0.571. The zero-order valence-electron chi connectivity index (χ0n) is 17.7. The average molecular weight is 423 g/mol. The topological polar surface area (TPSA) is 93.7 Å². The lowest BCUT2D eigenvalue weighted by atomic mass is 9.90. The molecule has 1 aromatic rings. The summed E-state index contributed by atoms with van der Waals surface area (Å²) in [5.41, 5.74) is -0.334. The van der Waals surface area contributed by atoms with Crippen LogP contribution in [0.25, 0.3) is 0 Å². The molecule has 2 rings (SSSR count). The molecule has 1 aromatic carbocycles. The second-order valence-corrected chi connectivity index (χ2v) is 9.35. The summed E-state index contributed by atoms with van der Waals surface area (Å²) >= 11 is 1.76. The highest BCUT2D eigenvalue weighted by Crippen LogP contribution is 2.29. The third-order valence-corrected chi connectivity index (χ3v) is 5.69. The molecular weight excluding hydrogens is 392 g/mol. The first-order valence-corrected chi connectivity index (χ1v) is 10.8. The summed E-state index contributed by atoms with van der Waals surface area (Å²) in [6.45, 7) is 7.23. The number of nitrogens with one attached hydrogen (secondary N) is 2. The quantitative estimate of drug-likeness (QED) is 0.706. The summed E-state index contributed by atoms with van der Waals surface area (Å²) in [7, 11) is 1.33. The van der Waals surface area contributed by atoms with Gasteiger partial charge in [-0.1, -0.05) is 12.1 Å². The number of carbonyl (C=O) groups excluding carboxylic acids is 3. The van der Waals surface area contributed by atoms with Gasteiger partial charge < -0.3 is 20.1 Å². The summed E-state index contributed by atoms with van der Waals surface area (Å²) in [5, 5.41) is 5.83. The highest BCUT2D eigenvalue weighted by atomic mass is 32.2. The molecule has 2 N–H and O–H groups in total. The summed E-state index contributed by atoms with van der Waals surface area (Å²) in [6.07, 6.45) is 0.489. The maximum Gasteiger partial charge on any atom is 0.408 e. The fourth-order valence-electron chi connectivity index (χ4n) is 3.07. The molecule has 0 aliphatic carbocycles. The number of hydrogen-bond acceptors (Lipinski definition) is 6. The molecular formula is C21H30N2O5S. The molecule has 0 spiro atoms. The van der Waals surface area contributed by atoms with Gasteiger partial charge in [0.15, 0.2) is 0 Å². The number of ether oxygens (including phenoxy) is 2. The number of methoxy groups -OCH3 is 1. The summed E-state index contributed by atoms with van der Waals surface area (Å²) < 4.78 is 10.1. The number of benzene rings is 1. The van der Waals surface area contributed by atoms with Gasteiger partial charge in [0.25, 0.3) is 0 Å². The van der Waals surface area contributed by atoms with Gasteiger partial charge in [0, 0.05) is 0 Å². The van der Waals surface area contributed by atoms with Crippen LogP contribution in [0.1, 0.15) is 62.5 Å². The predicted octanol–water partition coefficient (Wildman–Crippen LogP) is 3.44. The van der Waals surface area contributed by atoms with Crippen molar-refractivity contribution in [2.24, 2.45) is 0 Å². The zero-order chi connectivity index (χ0) is 21.7. The normalized spacial score (nSPS) is 17.0. The molecule has 1 aliphatic heterocycles. The van der Waals surface area contributed by atoms with E-state index in [1.165, 1.54) is 7.11 Å². The van der Waals surface area contributed by atoms with Gasteiger partial charge in [-0.2, -0.15) is 11.8 Å². The van der Waals surface area contributed by atoms with Crippen molar-refractivity contribution in [1.82, 2.24) is 10.6 Å². The van der Waals surface area contributed by atoms with Crippen LogP contribution in [-0.2, 0) is 14.3 Å². The first-order valence-electron chi connectivity index (χ1n) is 9.64. The van der Waals surface area contributed by atoms with Gasteiger partial charge in [-0.15, -0.1) is 0 Å². The molecule has 2 amide bonds. The minimum atomic E-state index is -0.992.